The van der Waals surface area contributed by atoms with Gasteiger partial charge in [0.15, 0.2) is 11.4 Å². The van der Waals surface area contributed by atoms with Crippen LogP contribution in [0.5, 0.6) is 11.5 Å². The molecule has 10 nitrogen and oxygen atoms in total. The Morgan fingerprint density at radius 2 is 1.42 bits per heavy atom. The van der Waals surface area contributed by atoms with Crippen LogP contribution in [0.25, 0.3) is 0 Å². The minimum Gasteiger partial charge on any atom is -0.506 e. The van der Waals surface area contributed by atoms with Crippen LogP contribution in [0.4, 0.5) is 22.7 Å². The Morgan fingerprint density at radius 3 is 1.88 bits per heavy atom. The van der Waals surface area contributed by atoms with Crippen molar-refractivity contribution in [3.05, 3.63) is 55.6 Å². The molecule has 0 unspecified atom stereocenters. The fourth-order valence-electron chi connectivity index (χ4n) is 1.44. The number of phenols is 2. The number of halogens is 1. The topological polar surface area (TPSA) is 179 Å². The lowest BCUT2D eigenvalue weighted by molar-refractivity contribution is -0.384. The molecule has 0 saturated carbocycles. The number of benzene rings is 2. The number of hydrogen-bond donors (Lipinski definition) is 4. The molecule has 130 valence electrons. The molecule has 11 heteroatoms. The summed E-state index contributed by atoms with van der Waals surface area (Å²) in [6, 6.07) is 6.11. The second-order valence-electron chi connectivity index (χ2n) is 4.08. The molecule has 0 spiro atoms. The number of phenolic OH excluding ortho intramolecular Hbond substituents is 2. The summed E-state index contributed by atoms with van der Waals surface area (Å²) in [6.07, 6.45) is 0. The van der Waals surface area contributed by atoms with Gasteiger partial charge in [-0.25, -0.2) is 0 Å². The Hall–Kier alpha value is -3.27. The van der Waals surface area contributed by atoms with Gasteiger partial charge in [-0.05, 0) is 6.07 Å². The van der Waals surface area contributed by atoms with Crippen LogP contribution in [0.2, 0.25) is 5.02 Å². The van der Waals surface area contributed by atoms with Gasteiger partial charge in [0.05, 0.1) is 14.9 Å². The van der Waals surface area contributed by atoms with Gasteiger partial charge < -0.3 is 21.7 Å². The number of nitro benzene ring substituents is 2. The van der Waals surface area contributed by atoms with E-state index >= 15 is 0 Å². The maximum atomic E-state index is 10.3. The van der Waals surface area contributed by atoms with Crippen molar-refractivity contribution in [1.82, 2.24) is 0 Å². The first-order valence-electron chi connectivity index (χ1n) is 5.79. The minimum absolute atomic E-state index is 0. The molecule has 0 aliphatic heterocycles. The Morgan fingerprint density at radius 1 is 0.917 bits per heavy atom. The third-order valence-corrected chi connectivity index (χ3v) is 2.77. The zero-order valence-corrected chi connectivity index (χ0v) is 12.1. The number of nitrogen functional groups attached to an aromatic ring is 2. The van der Waals surface area contributed by atoms with Crippen LogP contribution in [0.15, 0.2) is 30.3 Å². The van der Waals surface area contributed by atoms with Crippen molar-refractivity contribution < 1.29 is 20.1 Å². The number of nitrogens with zero attached hydrogens (tertiary/aromatic N) is 2. The number of anilines is 2. The third-order valence-electron chi connectivity index (χ3n) is 2.55. The van der Waals surface area contributed by atoms with Gasteiger partial charge in [0, 0.05) is 18.2 Å². The summed E-state index contributed by atoms with van der Waals surface area (Å²) in [5, 5.41) is 38.5. The molecule has 2 aromatic carbocycles. The molecule has 2 rings (SSSR count). The van der Waals surface area contributed by atoms with Crippen LogP contribution in [-0.4, -0.2) is 20.1 Å². The molecule has 0 aliphatic carbocycles. The zero-order valence-electron chi connectivity index (χ0n) is 11.3. The summed E-state index contributed by atoms with van der Waals surface area (Å²) in [5.41, 5.74) is 9.26. The molecule has 0 saturated heterocycles. The van der Waals surface area contributed by atoms with E-state index in [0.717, 1.165) is 12.1 Å². The van der Waals surface area contributed by atoms with E-state index in [4.69, 9.17) is 33.3 Å². The highest BCUT2D eigenvalue weighted by Gasteiger charge is 2.15. The first kappa shape index (κ1) is 20.7. The second-order valence-corrected chi connectivity index (χ2v) is 4.52. The lowest BCUT2D eigenvalue weighted by atomic mass is 10.2. The molecular weight excluding hydrogens is 344 g/mol. The number of rotatable bonds is 2. The molecular formula is C13H15ClN4O6. The summed E-state index contributed by atoms with van der Waals surface area (Å²) in [6.45, 7) is 0. The van der Waals surface area contributed by atoms with E-state index in [2.05, 4.69) is 0 Å². The number of hydrogen-bond acceptors (Lipinski definition) is 8. The number of nitrogens with two attached hydrogens (primary N) is 2. The Bertz CT molecular complexity index is 768. The smallest absolute Gasteiger partial charge is 0.297 e. The molecule has 0 atom stereocenters. The minimum atomic E-state index is -0.707. The second kappa shape index (κ2) is 8.39. The van der Waals surface area contributed by atoms with Crippen LogP contribution < -0.4 is 11.5 Å². The van der Waals surface area contributed by atoms with Crippen LogP contribution in [0.1, 0.15) is 7.43 Å². The van der Waals surface area contributed by atoms with Gasteiger partial charge in [0.1, 0.15) is 11.5 Å². The average molecular weight is 359 g/mol. The average Bonchev–Trinajstić information content (AvgIpc) is 2.46. The zero-order chi connectivity index (χ0) is 17.7. The van der Waals surface area contributed by atoms with Crippen molar-refractivity contribution >= 4 is 34.4 Å². The van der Waals surface area contributed by atoms with Gasteiger partial charge in [-0.3, -0.25) is 20.2 Å². The van der Waals surface area contributed by atoms with E-state index in [-0.39, 0.29) is 46.7 Å². The maximum Gasteiger partial charge on any atom is 0.297 e. The molecule has 0 aliphatic rings. The monoisotopic (exact) mass is 358 g/mol. The first-order valence-corrected chi connectivity index (χ1v) is 6.17. The van der Waals surface area contributed by atoms with E-state index in [1.165, 1.54) is 18.2 Å². The van der Waals surface area contributed by atoms with Crippen molar-refractivity contribution in [2.75, 3.05) is 11.5 Å². The van der Waals surface area contributed by atoms with Crippen LogP contribution in [0.3, 0.4) is 0 Å². The van der Waals surface area contributed by atoms with E-state index in [0.29, 0.717) is 0 Å². The molecule has 0 heterocycles. The van der Waals surface area contributed by atoms with Gasteiger partial charge in [-0.2, -0.15) is 0 Å². The molecule has 0 aromatic heterocycles. The van der Waals surface area contributed by atoms with Crippen molar-refractivity contribution in [3.63, 3.8) is 0 Å². The predicted molar refractivity (Wildman–Crippen MR) is 90.1 cm³/mol. The number of para-hydroxylation sites is 1. The SMILES string of the molecule is C.Nc1c(O)cc(Cl)cc1[N+](=O)[O-].Nc1c(O)cccc1[N+](=O)[O-]. The largest absolute Gasteiger partial charge is 0.506 e. The van der Waals surface area contributed by atoms with Crippen molar-refractivity contribution in [2.24, 2.45) is 0 Å². The molecule has 2 aromatic rings. The summed E-state index contributed by atoms with van der Waals surface area (Å²) < 4.78 is 0. The highest BCUT2D eigenvalue weighted by Crippen LogP contribution is 2.33. The maximum absolute atomic E-state index is 10.3. The molecule has 0 radical (unpaired) electrons. The number of aromatic hydroxyl groups is 2. The predicted octanol–water partition coefficient (Wildman–Crippen LogP) is 3.05. The molecule has 0 bridgehead atoms. The highest BCUT2D eigenvalue weighted by atomic mass is 35.5. The first-order chi connectivity index (χ1) is 10.6. The molecule has 6 N–H and O–H groups in total. The summed E-state index contributed by atoms with van der Waals surface area (Å²) in [4.78, 5) is 19.1. The summed E-state index contributed by atoms with van der Waals surface area (Å²) in [5.74, 6) is -0.645. The molecule has 24 heavy (non-hydrogen) atoms. The van der Waals surface area contributed by atoms with Gasteiger partial charge >= 0.3 is 0 Å². The summed E-state index contributed by atoms with van der Waals surface area (Å²) >= 11 is 5.45. The van der Waals surface area contributed by atoms with Crippen molar-refractivity contribution in [2.45, 2.75) is 7.43 Å². The summed E-state index contributed by atoms with van der Waals surface area (Å²) in [7, 11) is 0. The molecule has 0 fully saturated rings. The van der Waals surface area contributed by atoms with Crippen LogP contribution in [-0.2, 0) is 0 Å². The fourth-order valence-corrected chi connectivity index (χ4v) is 1.65. The van der Waals surface area contributed by atoms with E-state index in [1.807, 2.05) is 0 Å². The fraction of sp³-hybridized carbons (Fsp3) is 0.0769. The van der Waals surface area contributed by atoms with Crippen molar-refractivity contribution in [3.8, 4) is 11.5 Å². The van der Waals surface area contributed by atoms with E-state index in [9.17, 15) is 20.2 Å². The van der Waals surface area contributed by atoms with E-state index in [1.54, 1.807) is 0 Å². The van der Waals surface area contributed by atoms with E-state index < -0.39 is 9.85 Å². The number of nitro groups is 2. The Labute approximate surface area is 141 Å². The Balaban J connectivity index is 0.000000425. The third kappa shape index (κ3) is 4.88. The van der Waals surface area contributed by atoms with Crippen LogP contribution >= 0.6 is 11.6 Å². The lowest BCUT2D eigenvalue weighted by Crippen LogP contribution is -1.95. The van der Waals surface area contributed by atoms with Gasteiger partial charge in [0.2, 0.25) is 0 Å². The van der Waals surface area contributed by atoms with Crippen molar-refractivity contribution in [1.29, 1.82) is 0 Å². The molecule has 0 amide bonds. The van der Waals surface area contributed by atoms with Gasteiger partial charge in [0.25, 0.3) is 11.4 Å². The normalized spacial score (nSPS) is 9.21. The quantitative estimate of drug-likeness (QED) is 0.273. The lowest BCUT2D eigenvalue weighted by Gasteiger charge is -1.99. The van der Waals surface area contributed by atoms with Gasteiger partial charge in [-0.15, -0.1) is 0 Å². The van der Waals surface area contributed by atoms with Crippen LogP contribution in [0, 0.1) is 20.2 Å². The highest BCUT2D eigenvalue weighted by molar-refractivity contribution is 6.31. The standard InChI is InChI=1S/C6H5ClN2O3.C6H6N2O3.CH4/c7-3-1-4(9(11)12)6(8)5(10)2-3;7-6-4(8(10)11)2-1-3-5(6)9;/h1-2,10H,8H2;1-3,9H,7H2;1H4. The Kier molecular flexibility index (Phi) is 7.24. The van der Waals surface area contributed by atoms with Gasteiger partial charge in [-0.1, -0.05) is 25.1 Å².